The summed E-state index contributed by atoms with van der Waals surface area (Å²) in [7, 11) is -3.53. The summed E-state index contributed by atoms with van der Waals surface area (Å²) in [4.78, 5) is 0.264. The SMILES string of the molecule is Cc1cc2c(cc1S(=O)(=O)NC1CCNCC1)OCO2.Cl. The third-order valence-corrected chi connectivity index (χ3v) is 5.28. The summed E-state index contributed by atoms with van der Waals surface area (Å²) in [5.74, 6) is 1.09. The zero-order valence-electron chi connectivity index (χ0n) is 11.7. The summed E-state index contributed by atoms with van der Waals surface area (Å²) in [6.07, 6.45) is 1.62. The summed E-state index contributed by atoms with van der Waals surface area (Å²) in [5.41, 5.74) is 0.663. The lowest BCUT2D eigenvalue weighted by molar-refractivity contribution is 0.174. The number of ether oxygens (including phenoxy) is 2. The van der Waals surface area contributed by atoms with E-state index in [-0.39, 0.29) is 30.1 Å². The smallest absolute Gasteiger partial charge is 0.241 e. The van der Waals surface area contributed by atoms with Crippen molar-refractivity contribution in [3.63, 3.8) is 0 Å². The van der Waals surface area contributed by atoms with E-state index in [1.807, 2.05) is 0 Å². The Balaban J connectivity index is 0.00000161. The highest BCUT2D eigenvalue weighted by atomic mass is 35.5. The number of hydrogen-bond acceptors (Lipinski definition) is 5. The van der Waals surface area contributed by atoms with Crippen LogP contribution in [0.25, 0.3) is 0 Å². The Bertz CT molecular complexity index is 615. The summed E-state index contributed by atoms with van der Waals surface area (Å²) in [6, 6.07) is 3.24. The monoisotopic (exact) mass is 334 g/mol. The fraction of sp³-hybridized carbons (Fsp3) is 0.538. The first-order valence-electron chi connectivity index (χ1n) is 6.69. The quantitative estimate of drug-likeness (QED) is 0.868. The molecule has 21 heavy (non-hydrogen) atoms. The molecule has 118 valence electrons. The predicted molar refractivity (Wildman–Crippen MR) is 80.8 cm³/mol. The number of benzene rings is 1. The minimum Gasteiger partial charge on any atom is -0.454 e. The van der Waals surface area contributed by atoms with Gasteiger partial charge in [0, 0.05) is 12.1 Å². The molecule has 2 aliphatic rings. The van der Waals surface area contributed by atoms with Gasteiger partial charge in [-0.15, -0.1) is 12.4 Å². The van der Waals surface area contributed by atoms with Crippen LogP contribution in [0, 0.1) is 6.92 Å². The van der Waals surface area contributed by atoms with Crippen LogP contribution in [0.4, 0.5) is 0 Å². The summed E-state index contributed by atoms with van der Waals surface area (Å²) in [5, 5.41) is 3.21. The first-order chi connectivity index (χ1) is 9.56. The molecule has 0 aliphatic carbocycles. The Kier molecular flexibility index (Phi) is 4.98. The number of rotatable bonds is 3. The van der Waals surface area contributed by atoms with E-state index >= 15 is 0 Å². The Labute approximate surface area is 130 Å². The van der Waals surface area contributed by atoms with Crippen LogP contribution in [0.2, 0.25) is 0 Å². The largest absolute Gasteiger partial charge is 0.454 e. The molecule has 1 saturated heterocycles. The lowest BCUT2D eigenvalue weighted by atomic mass is 10.1. The predicted octanol–water partition coefficient (Wildman–Crippen LogP) is 1.18. The van der Waals surface area contributed by atoms with Crippen molar-refractivity contribution >= 4 is 22.4 Å². The lowest BCUT2D eigenvalue weighted by Crippen LogP contribution is -2.42. The third-order valence-electron chi connectivity index (χ3n) is 3.62. The van der Waals surface area contributed by atoms with Gasteiger partial charge in [-0.05, 0) is 44.5 Å². The highest BCUT2D eigenvalue weighted by Crippen LogP contribution is 2.36. The molecule has 0 spiro atoms. The number of halogens is 1. The van der Waals surface area contributed by atoms with E-state index in [0.29, 0.717) is 17.1 Å². The van der Waals surface area contributed by atoms with Crippen LogP contribution < -0.4 is 19.5 Å². The van der Waals surface area contributed by atoms with Gasteiger partial charge >= 0.3 is 0 Å². The van der Waals surface area contributed by atoms with E-state index < -0.39 is 10.0 Å². The Morgan fingerprint density at radius 2 is 1.81 bits per heavy atom. The average molecular weight is 335 g/mol. The molecule has 6 nitrogen and oxygen atoms in total. The van der Waals surface area contributed by atoms with Crippen LogP contribution in [0.3, 0.4) is 0 Å². The highest BCUT2D eigenvalue weighted by molar-refractivity contribution is 7.89. The van der Waals surface area contributed by atoms with E-state index in [2.05, 4.69) is 10.0 Å². The van der Waals surface area contributed by atoms with Gasteiger partial charge in [0.05, 0.1) is 4.90 Å². The molecule has 2 N–H and O–H groups in total. The molecule has 0 amide bonds. The molecule has 2 aliphatic heterocycles. The van der Waals surface area contributed by atoms with Gasteiger partial charge in [0.2, 0.25) is 16.8 Å². The lowest BCUT2D eigenvalue weighted by Gasteiger charge is -2.23. The van der Waals surface area contributed by atoms with Crippen LogP contribution in [0.1, 0.15) is 18.4 Å². The molecule has 1 aromatic carbocycles. The Morgan fingerprint density at radius 3 is 2.48 bits per heavy atom. The zero-order chi connectivity index (χ0) is 14.2. The minimum atomic E-state index is -3.53. The number of hydrogen-bond donors (Lipinski definition) is 2. The molecule has 3 rings (SSSR count). The van der Waals surface area contributed by atoms with Gasteiger partial charge < -0.3 is 14.8 Å². The van der Waals surface area contributed by atoms with Crippen LogP contribution in [-0.4, -0.2) is 34.3 Å². The van der Waals surface area contributed by atoms with Gasteiger partial charge in [0.25, 0.3) is 0 Å². The van der Waals surface area contributed by atoms with Crippen molar-refractivity contribution in [2.24, 2.45) is 0 Å². The summed E-state index contributed by atoms with van der Waals surface area (Å²) >= 11 is 0. The molecule has 0 aromatic heterocycles. The van der Waals surface area contributed by atoms with Crippen molar-refractivity contribution in [1.29, 1.82) is 0 Å². The van der Waals surface area contributed by atoms with E-state index in [1.165, 1.54) is 0 Å². The number of piperidine rings is 1. The van der Waals surface area contributed by atoms with Crippen molar-refractivity contribution < 1.29 is 17.9 Å². The maximum atomic E-state index is 12.5. The van der Waals surface area contributed by atoms with Crippen LogP contribution in [-0.2, 0) is 10.0 Å². The number of fused-ring (bicyclic) bond motifs is 1. The minimum absolute atomic E-state index is 0. The molecule has 1 aromatic rings. The van der Waals surface area contributed by atoms with E-state index in [4.69, 9.17) is 9.47 Å². The maximum Gasteiger partial charge on any atom is 0.241 e. The van der Waals surface area contributed by atoms with Crippen molar-refractivity contribution in [3.05, 3.63) is 17.7 Å². The average Bonchev–Trinajstić information content (AvgIpc) is 2.85. The van der Waals surface area contributed by atoms with Crippen molar-refractivity contribution in [2.45, 2.75) is 30.7 Å². The highest BCUT2D eigenvalue weighted by Gasteiger charge is 2.26. The standard InChI is InChI=1S/C13H18N2O4S.ClH/c1-9-6-11-12(19-8-18-11)7-13(9)20(16,17)15-10-2-4-14-5-3-10;/h6-7,10,14-15H,2-5,8H2,1H3;1H. The molecule has 0 unspecified atom stereocenters. The fourth-order valence-corrected chi connectivity index (χ4v) is 4.08. The number of aryl methyl sites for hydroxylation is 1. The van der Waals surface area contributed by atoms with Gasteiger partial charge in [-0.3, -0.25) is 0 Å². The molecular formula is C13H19ClN2O4S. The summed E-state index contributed by atoms with van der Waals surface area (Å²) in [6.45, 7) is 3.58. The van der Waals surface area contributed by atoms with Gasteiger partial charge in [-0.25, -0.2) is 13.1 Å². The Morgan fingerprint density at radius 1 is 1.19 bits per heavy atom. The molecule has 0 radical (unpaired) electrons. The van der Waals surface area contributed by atoms with Crippen LogP contribution >= 0.6 is 12.4 Å². The Hall–Kier alpha value is -1.02. The van der Waals surface area contributed by atoms with E-state index in [9.17, 15) is 8.42 Å². The van der Waals surface area contributed by atoms with E-state index in [1.54, 1.807) is 19.1 Å². The van der Waals surface area contributed by atoms with Crippen molar-refractivity contribution in [3.8, 4) is 11.5 Å². The van der Waals surface area contributed by atoms with Gasteiger partial charge in [-0.1, -0.05) is 0 Å². The fourth-order valence-electron chi connectivity index (χ4n) is 2.54. The molecule has 0 bridgehead atoms. The second-order valence-corrected chi connectivity index (χ2v) is 6.80. The molecule has 1 fully saturated rings. The first-order valence-corrected chi connectivity index (χ1v) is 8.18. The topological polar surface area (TPSA) is 76.7 Å². The molecule has 0 saturated carbocycles. The van der Waals surface area contributed by atoms with Crippen LogP contribution in [0.5, 0.6) is 11.5 Å². The first kappa shape index (κ1) is 16.4. The van der Waals surface area contributed by atoms with Gasteiger partial charge in [0.15, 0.2) is 11.5 Å². The van der Waals surface area contributed by atoms with Crippen molar-refractivity contribution in [1.82, 2.24) is 10.0 Å². The van der Waals surface area contributed by atoms with Crippen molar-refractivity contribution in [2.75, 3.05) is 19.9 Å². The number of nitrogens with one attached hydrogen (secondary N) is 2. The van der Waals surface area contributed by atoms with E-state index in [0.717, 1.165) is 25.9 Å². The molecule has 0 atom stereocenters. The second-order valence-electron chi connectivity index (χ2n) is 5.12. The van der Waals surface area contributed by atoms with Crippen LogP contribution in [0.15, 0.2) is 17.0 Å². The van der Waals surface area contributed by atoms with Gasteiger partial charge in [-0.2, -0.15) is 0 Å². The number of sulfonamides is 1. The normalized spacial score (nSPS) is 18.3. The second kappa shape index (κ2) is 6.39. The third kappa shape index (κ3) is 3.42. The van der Waals surface area contributed by atoms with Gasteiger partial charge in [0.1, 0.15) is 0 Å². The molecular weight excluding hydrogens is 316 g/mol. The molecule has 8 heteroatoms. The summed E-state index contributed by atoms with van der Waals surface area (Å²) < 4.78 is 38.3. The zero-order valence-corrected chi connectivity index (χ0v) is 13.4. The molecule has 2 heterocycles. The maximum absolute atomic E-state index is 12.5.